The number of nitrogens with zero attached hydrogens (tertiary/aromatic N) is 4. The van der Waals surface area contributed by atoms with Crippen molar-refractivity contribution in [3.8, 4) is 0 Å². The van der Waals surface area contributed by atoms with Crippen LogP contribution in [-0.4, -0.2) is 62.4 Å². The minimum absolute atomic E-state index is 0.0217. The molecule has 2 aromatic heterocycles. The summed E-state index contributed by atoms with van der Waals surface area (Å²) in [4.78, 5) is 19.8. The summed E-state index contributed by atoms with van der Waals surface area (Å²) in [6.45, 7) is 6.59. The molecule has 3 N–H and O–H groups in total. The van der Waals surface area contributed by atoms with Gasteiger partial charge in [0.2, 0.25) is 5.91 Å². The summed E-state index contributed by atoms with van der Waals surface area (Å²) in [5, 5.41) is 23.5. The third-order valence-electron chi connectivity index (χ3n) is 8.44. The van der Waals surface area contributed by atoms with Gasteiger partial charge in [0.1, 0.15) is 5.60 Å². The summed E-state index contributed by atoms with van der Waals surface area (Å²) in [6, 6.07) is 23.1. The van der Waals surface area contributed by atoms with E-state index in [0.717, 1.165) is 72.4 Å². The number of rotatable bonds is 8. The Bertz CT molecular complexity index is 1490. The number of hydrogen-bond acceptors (Lipinski definition) is 6. The third-order valence-corrected chi connectivity index (χ3v) is 8.44. The number of carbonyl (C=O) groups excluding carboxylic acids is 1. The van der Waals surface area contributed by atoms with Gasteiger partial charge < -0.3 is 15.7 Å². The van der Waals surface area contributed by atoms with Gasteiger partial charge in [-0.1, -0.05) is 48.0 Å². The zero-order valence-corrected chi connectivity index (χ0v) is 23.3. The zero-order valence-electron chi connectivity index (χ0n) is 23.3. The van der Waals surface area contributed by atoms with Crippen LogP contribution < -0.4 is 10.6 Å². The molecule has 0 unspecified atom stereocenters. The number of aryl methyl sites for hydroxylation is 2. The van der Waals surface area contributed by atoms with Gasteiger partial charge in [0.05, 0.1) is 30.3 Å². The minimum Gasteiger partial charge on any atom is -0.384 e. The molecule has 0 bridgehead atoms. The number of benzene rings is 2. The van der Waals surface area contributed by atoms with Crippen LogP contribution in [0.3, 0.4) is 0 Å². The van der Waals surface area contributed by atoms with Gasteiger partial charge in [-0.3, -0.25) is 19.4 Å². The summed E-state index contributed by atoms with van der Waals surface area (Å²) in [7, 11) is 0. The molecule has 2 aromatic carbocycles. The SMILES string of the molecule is Cc1ccc2c(c1)c(NCC(=O)NC1CN([C@H]3CC[C@@](O)(c4cccc(C)n4)CC3)C1)nn2Cc1ccccc1. The molecule has 1 aliphatic carbocycles. The molecule has 0 radical (unpaired) electrons. The van der Waals surface area contributed by atoms with Crippen molar-refractivity contribution in [2.75, 3.05) is 25.0 Å². The number of aromatic nitrogens is 3. The largest absolute Gasteiger partial charge is 0.384 e. The van der Waals surface area contributed by atoms with E-state index in [4.69, 9.17) is 5.10 Å². The lowest BCUT2D eigenvalue weighted by Gasteiger charge is -2.48. The molecule has 208 valence electrons. The molecule has 0 atom stereocenters. The highest BCUT2D eigenvalue weighted by atomic mass is 16.3. The zero-order chi connectivity index (χ0) is 27.7. The van der Waals surface area contributed by atoms with Gasteiger partial charge in [0.15, 0.2) is 5.82 Å². The van der Waals surface area contributed by atoms with Gasteiger partial charge in [0.25, 0.3) is 0 Å². The van der Waals surface area contributed by atoms with Crippen LogP contribution in [0.4, 0.5) is 5.82 Å². The fraction of sp³-hybridized carbons (Fsp3) is 0.406. The highest BCUT2D eigenvalue weighted by molar-refractivity contribution is 5.92. The van der Waals surface area contributed by atoms with Crippen LogP contribution in [0.1, 0.15) is 48.2 Å². The average Bonchev–Trinajstić information content (AvgIpc) is 3.26. The smallest absolute Gasteiger partial charge is 0.239 e. The number of aliphatic hydroxyl groups is 1. The maximum absolute atomic E-state index is 12.8. The van der Waals surface area contributed by atoms with Crippen molar-refractivity contribution < 1.29 is 9.90 Å². The van der Waals surface area contributed by atoms with Gasteiger partial charge in [0, 0.05) is 30.2 Å². The van der Waals surface area contributed by atoms with Crippen LogP contribution in [0.15, 0.2) is 66.7 Å². The molecule has 4 aromatic rings. The second-order valence-corrected chi connectivity index (χ2v) is 11.5. The normalized spacial score (nSPS) is 21.7. The van der Waals surface area contributed by atoms with Gasteiger partial charge in [-0.25, -0.2) is 0 Å². The van der Waals surface area contributed by atoms with Crippen molar-refractivity contribution in [2.45, 2.75) is 63.8 Å². The Balaban J connectivity index is 0.998. The molecule has 8 heteroatoms. The number of pyridine rings is 1. The molecule has 6 rings (SSSR count). The van der Waals surface area contributed by atoms with E-state index in [2.05, 4.69) is 57.8 Å². The number of amides is 1. The standard InChI is InChI=1S/C32H38N6O2/c1-22-11-12-28-27(17-22)31(36-38(28)19-24-8-4-3-5-9-24)33-18-30(39)35-25-20-37(21-25)26-13-15-32(40,16-14-26)29-10-6-7-23(2)34-29/h3-12,17,25-26,40H,13-16,18-21H2,1-2H3,(H,33,36)(H,35,39)/t26-,32-. The van der Waals surface area contributed by atoms with E-state index in [0.29, 0.717) is 12.6 Å². The van der Waals surface area contributed by atoms with E-state index >= 15 is 0 Å². The van der Waals surface area contributed by atoms with Crippen molar-refractivity contribution in [3.63, 3.8) is 0 Å². The Morgan fingerprint density at radius 1 is 1.02 bits per heavy atom. The monoisotopic (exact) mass is 538 g/mol. The Labute approximate surface area is 235 Å². The number of hydrogen-bond donors (Lipinski definition) is 3. The molecular formula is C32H38N6O2. The molecular weight excluding hydrogens is 500 g/mol. The summed E-state index contributed by atoms with van der Waals surface area (Å²) >= 11 is 0. The van der Waals surface area contributed by atoms with Gasteiger partial charge >= 0.3 is 0 Å². The van der Waals surface area contributed by atoms with Gasteiger partial charge in [-0.05, 0) is 69.4 Å². The van der Waals surface area contributed by atoms with E-state index < -0.39 is 5.60 Å². The maximum Gasteiger partial charge on any atom is 0.239 e. The average molecular weight is 539 g/mol. The van der Waals surface area contributed by atoms with Crippen LogP contribution >= 0.6 is 0 Å². The molecule has 0 spiro atoms. The lowest BCUT2D eigenvalue weighted by molar-refractivity contribution is -0.121. The number of nitrogens with one attached hydrogen (secondary N) is 2. The minimum atomic E-state index is -0.830. The van der Waals surface area contributed by atoms with Crippen LogP contribution in [0.2, 0.25) is 0 Å². The molecule has 1 saturated carbocycles. The van der Waals surface area contributed by atoms with Crippen LogP contribution in [0, 0.1) is 13.8 Å². The Morgan fingerprint density at radius 2 is 1.80 bits per heavy atom. The molecule has 1 saturated heterocycles. The summed E-state index contributed by atoms with van der Waals surface area (Å²) in [6.07, 6.45) is 3.31. The van der Waals surface area contributed by atoms with Crippen LogP contribution in [0.25, 0.3) is 10.9 Å². The molecule has 1 amide bonds. The van der Waals surface area contributed by atoms with E-state index in [-0.39, 0.29) is 18.5 Å². The summed E-state index contributed by atoms with van der Waals surface area (Å²) in [5.74, 6) is 0.712. The first kappa shape index (κ1) is 26.5. The van der Waals surface area contributed by atoms with Crippen molar-refractivity contribution in [2.24, 2.45) is 0 Å². The second-order valence-electron chi connectivity index (χ2n) is 11.5. The van der Waals surface area contributed by atoms with Gasteiger partial charge in [-0.2, -0.15) is 5.10 Å². The van der Waals surface area contributed by atoms with E-state index in [1.807, 2.05) is 48.0 Å². The van der Waals surface area contributed by atoms with Crippen molar-refractivity contribution in [1.82, 2.24) is 25.0 Å². The highest BCUT2D eigenvalue weighted by Crippen LogP contribution is 2.38. The molecule has 3 heterocycles. The third kappa shape index (κ3) is 5.60. The van der Waals surface area contributed by atoms with Crippen molar-refractivity contribution >= 4 is 22.6 Å². The lowest BCUT2D eigenvalue weighted by Crippen LogP contribution is -2.63. The fourth-order valence-electron chi connectivity index (χ4n) is 6.15. The number of likely N-dealkylation sites (tertiary alicyclic amines) is 1. The van der Waals surface area contributed by atoms with Crippen molar-refractivity contribution in [1.29, 1.82) is 0 Å². The first-order chi connectivity index (χ1) is 19.4. The van der Waals surface area contributed by atoms with Gasteiger partial charge in [-0.15, -0.1) is 0 Å². The lowest BCUT2D eigenvalue weighted by atomic mass is 9.78. The predicted molar refractivity (Wildman–Crippen MR) is 157 cm³/mol. The van der Waals surface area contributed by atoms with Crippen LogP contribution in [0.5, 0.6) is 0 Å². The molecule has 40 heavy (non-hydrogen) atoms. The van der Waals surface area contributed by atoms with Crippen molar-refractivity contribution in [3.05, 3.63) is 89.2 Å². The molecule has 2 fully saturated rings. The number of carbonyl (C=O) groups is 1. The summed E-state index contributed by atoms with van der Waals surface area (Å²) in [5.41, 5.74) is 4.28. The fourth-order valence-corrected chi connectivity index (χ4v) is 6.15. The number of fused-ring (bicyclic) bond motifs is 1. The van der Waals surface area contributed by atoms with E-state index in [1.165, 1.54) is 5.56 Å². The first-order valence-electron chi connectivity index (χ1n) is 14.3. The summed E-state index contributed by atoms with van der Waals surface area (Å²) < 4.78 is 1.99. The van der Waals surface area contributed by atoms with E-state index in [9.17, 15) is 9.90 Å². The second kappa shape index (κ2) is 11.0. The molecule has 2 aliphatic rings. The molecule has 8 nitrogen and oxygen atoms in total. The first-order valence-corrected chi connectivity index (χ1v) is 14.3. The Hall–Kier alpha value is -3.75. The maximum atomic E-state index is 12.8. The topological polar surface area (TPSA) is 95.3 Å². The highest BCUT2D eigenvalue weighted by Gasteiger charge is 2.41. The number of anilines is 1. The van der Waals surface area contributed by atoms with E-state index in [1.54, 1.807) is 0 Å². The quantitative estimate of drug-likeness (QED) is 0.312. The molecule has 1 aliphatic heterocycles. The predicted octanol–water partition coefficient (Wildman–Crippen LogP) is 4.14. The van der Waals surface area contributed by atoms with Crippen LogP contribution in [-0.2, 0) is 16.9 Å². The Morgan fingerprint density at radius 3 is 2.55 bits per heavy atom. The Kier molecular flexibility index (Phi) is 7.29.